The van der Waals surface area contributed by atoms with Gasteiger partial charge in [-0.3, -0.25) is 9.20 Å². The maximum absolute atomic E-state index is 13.6. The van der Waals surface area contributed by atoms with Gasteiger partial charge in [-0.05, 0) is 81.3 Å². The minimum absolute atomic E-state index is 0.295. The van der Waals surface area contributed by atoms with Gasteiger partial charge in [0.15, 0.2) is 5.78 Å². The Morgan fingerprint density at radius 3 is 2.76 bits per heavy atom. The van der Waals surface area contributed by atoms with Crippen LogP contribution in [0, 0.1) is 0 Å². The third-order valence-corrected chi connectivity index (χ3v) is 6.96. The molecule has 5 rings (SSSR count). The number of fused-ring (bicyclic) bond motifs is 4. The lowest BCUT2D eigenvalue weighted by molar-refractivity contribution is -0.128. The zero-order chi connectivity index (χ0) is 20.4. The van der Waals surface area contributed by atoms with E-state index >= 15 is 0 Å². The molecule has 1 unspecified atom stereocenters. The highest BCUT2D eigenvalue weighted by molar-refractivity contribution is 6.04. The van der Waals surface area contributed by atoms with Crippen molar-refractivity contribution < 1.29 is 4.79 Å². The summed E-state index contributed by atoms with van der Waals surface area (Å²) in [5.74, 6) is 0.295. The quantitative estimate of drug-likeness (QED) is 0.661. The summed E-state index contributed by atoms with van der Waals surface area (Å²) >= 11 is 0. The molecular formula is C25H29N3O. The molecule has 150 valence electrons. The van der Waals surface area contributed by atoms with Crippen molar-refractivity contribution in [3.63, 3.8) is 0 Å². The van der Waals surface area contributed by atoms with E-state index in [2.05, 4.69) is 46.7 Å². The van der Waals surface area contributed by atoms with Crippen LogP contribution >= 0.6 is 0 Å². The largest absolute Gasteiger partial charge is 0.373 e. The molecule has 0 radical (unpaired) electrons. The Hall–Kier alpha value is -2.62. The monoisotopic (exact) mass is 387 g/mol. The van der Waals surface area contributed by atoms with Crippen molar-refractivity contribution in [1.29, 1.82) is 0 Å². The van der Waals surface area contributed by atoms with Crippen molar-refractivity contribution >= 4 is 17.1 Å². The smallest absolute Gasteiger partial charge is 0.167 e. The van der Waals surface area contributed by atoms with Crippen LogP contribution in [0.4, 0.5) is 5.69 Å². The molecule has 0 saturated carbocycles. The predicted molar refractivity (Wildman–Crippen MR) is 118 cm³/mol. The molecule has 0 fully saturated rings. The van der Waals surface area contributed by atoms with Crippen LogP contribution in [-0.2, 0) is 23.1 Å². The maximum Gasteiger partial charge on any atom is 0.167 e. The van der Waals surface area contributed by atoms with Crippen LogP contribution in [-0.4, -0.2) is 20.7 Å². The van der Waals surface area contributed by atoms with E-state index in [1.165, 1.54) is 34.4 Å². The first kappa shape index (κ1) is 18.4. The Kier molecular flexibility index (Phi) is 3.93. The van der Waals surface area contributed by atoms with E-state index in [9.17, 15) is 4.79 Å². The number of hydrogen-bond acceptors (Lipinski definition) is 3. The Labute approximate surface area is 172 Å². The van der Waals surface area contributed by atoms with Gasteiger partial charge in [-0.1, -0.05) is 19.4 Å². The molecule has 0 bridgehead atoms. The first-order valence-corrected chi connectivity index (χ1v) is 10.8. The molecule has 1 aliphatic heterocycles. The van der Waals surface area contributed by atoms with E-state index in [1.807, 2.05) is 32.3 Å². The van der Waals surface area contributed by atoms with Gasteiger partial charge in [0, 0.05) is 23.6 Å². The van der Waals surface area contributed by atoms with Crippen LogP contribution in [0.25, 0.3) is 16.9 Å². The summed E-state index contributed by atoms with van der Waals surface area (Å²) in [4.78, 5) is 18.0. The number of nitrogens with one attached hydrogen (secondary N) is 1. The summed E-state index contributed by atoms with van der Waals surface area (Å²) in [6.07, 6.45) is 9.07. The van der Waals surface area contributed by atoms with Gasteiger partial charge >= 0.3 is 0 Å². The average molecular weight is 388 g/mol. The van der Waals surface area contributed by atoms with Crippen molar-refractivity contribution in [3.05, 3.63) is 53.3 Å². The molecule has 3 heterocycles. The first-order chi connectivity index (χ1) is 13.9. The zero-order valence-corrected chi connectivity index (χ0v) is 17.8. The predicted octanol–water partition coefficient (Wildman–Crippen LogP) is 5.32. The molecule has 2 aliphatic rings. The van der Waals surface area contributed by atoms with Gasteiger partial charge in [-0.2, -0.15) is 0 Å². The molecule has 0 saturated heterocycles. The van der Waals surface area contributed by atoms with Crippen LogP contribution in [0.1, 0.15) is 63.6 Å². The first-order valence-electron chi connectivity index (χ1n) is 10.8. The highest BCUT2D eigenvalue weighted by Gasteiger charge is 2.49. The van der Waals surface area contributed by atoms with Gasteiger partial charge in [0.2, 0.25) is 0 Å². The van der Waals surface area contributed by atoms with Crippen LogP contribution in [0.3, 0.4) is 0 Å². The number of ketones is 1. The van der Waals surface area contributed by atoms with Crippen molar-refractivity contribution in [2.75, 3.05) is 5.32 Å². The van der Waals surface area contributed by atoms with E-state index in [0.29, 0.717) is 5.78 Å². The van der Waals surface area contributed by atoms with Crippen molar-refractivity contribution in [1.82, 2.24) is 9.38 Å². The second-order valence-corrected chi connectivity index (χ2v) is 9.39. The molecule has 0 spiro atoms. The maximum atomic E-state index is 13.6. The fraction of sp³-hybridized carbons (Fsp3) is 0.440. The summed E-state index contributed by atoms with van der Waals surface area (Å²) in [6.45, 7) is 8.40. The molecule has 1 aliphatic carbocycles. The second-order valence-electron chi connectivity index (χ2n) is 9.39. The number of benzene rings is 1. The van der Waals surface area contributed by atoms with E-state index in [1.54, 1.807) is 0 Å². The standard InChI is InChI=1S/C25H29N3O/c1-5-12-25(4)19-15-18(20-10-7-11-21-26-13-14-28(20)21)16-8-6-9-17(16)22(19)27-24(2,3)23(25)29/h7,10-11,13-15,27H,5-6,8-9,12H2,1-4H3. The number of anilines is 1. The Morgan fingerprint density at radius 1 is 1.17 bits per heavy atom. The van der Waals surface area contributed by atoms with Gasteiger partial charge in [-0.15, -0.1) is 0 Å². The van der Waals surface area contributed by atoms with Crippen LogP contribution in [0.15, 0.2) is 36.7 Å². The number of rotatable bonds is 3. The lowest BCUT2D eigenvalue weighted by atomic mass is 9.65. The van der Waals surface area contributed by atoms with E-state index in [0.717, 1.165) is 37.0 Å². The van der Waals surface area contributed by atoms with E-state index in [-0.39, 0.29) is 0 Å². The molecule has 4 heteroatoms. The highest BCUT2D eigenvalue weighted by atomic mass is 16.1. The normalized spacial score (nSPS) is 22.4. The minimum Gasteiger partial charge on any atom is -0.373 e. The van der Waals surface area contributed by atoms with Gasteiger partial charge in [0.05, 0.1) is 16.6 Å². The van der Waals surface area contributed by atoms with E-state index in [4.69, 9.17) is 0 Å². The molecule has 3 aromatic rings. The van der Waals surface area contributed by atoms with Gasteiger partial charge < -0.3 is 5.32 Å². The lowest BCUT2D eigenvalue weighted by Gasteiger charge is -2.45. The van der Waals surface area contributed by atoms with Crippen molar-refractivity contribution in [2.45, 2.75) is 70.8 Å². The molecule has 4 nitrogen and oxygen atoms in total. The molecule has 29 heavy (non-hydrogen) atoms. The van der Waals surface area contributed by atoms with Gasteiger partial charge in [0.25, 0.3) is 0 Å². The summed E-state index contributed by atoms with van der Waals surface area (Å²) in [5.41, 5.74) is 7.62. The fourth-order valence-corrected chi connectivity index (χ4v) is 5.69. The van der Waals surface area contributed by atoms with Gasteiger partial charge in [0.1, 0.15) is 5.65 Å². The van der Waals surface area contributed by atoms with Crippen LogP contribution in [0.2, 0.25) is 0 Å². The highest BCUT2D eigenvalue weighted by Crippen LogP contribution is 2.49. The number of nitrogens with zero attached hydrogens (tertiary/aromatic N) is 2. The summed E-state index contributed by atoms with van der Waals surface area (Å²) in [7, 11) is 0. The summed E-state index contributed by atoms with van der Waals surface area (Å²) in [5, 5.41) is 3.64. The van der Waals surface area contributed by atoms with Crippen LogP contribution < -0.4 is 5.32 Å². The molecule has 1 atom stereocenters. The number of pyridine rings is 1. The molecule has 2 aromatic heterocycles. The fourth-order valence-electron chi connectivity index (χ4n) is 5.69. The number of carbonyl (C=O) groups is 1. The average Bonchev–Trinajstić information content (AvgIpc) is 3.36. The SMILES string of the molecule is CCCC1(C)C(=O)C(C)(C)Nc2c1cc(-c1cccc3nccn13)c1c2CCC1. The molecular weight excluding hydrogens is 358 g/mol. The topological polar surface area (TPSA) is 46.4 Å². The molecule has 1 N–H and O–H groups in total. The Bertz CT molecular complexity index is 1140. The minimum atomic E-state index is -0.543. The van der Waals surface area contributed by atoms with E-state index < -0.39 is 11.0 Å². The number of aromatic nitrogens is 2. The number of Topliss-reactive ketones (excluding diaryl/α,β-unsaturated/α-hetero) is 1. The molecule has 0 amide bonds. The zero-order valence-electron chi connectivity index (χ0n) is 17.8. The van der Waals surface area contributed by atoms with Gasteiger partial charge in [-0.25, -0.2) is 4.98 Å². The third-order valence-electron chi connectivity index (χ3n) is 6.96. The van der Waals surface area contributed by atoms with Crippen molar-refractivity contribution in [3.8, 4) is 11.3 Å². The summed E-state index contributed by atoms with van der Waals surface area (Å²) < 4.78 is 2.17. The lowest BCUT2D eigenvalue weighted by Crippen LogP contribution is -2.55. The Balaban J connectivity index is 1.83. The Morgan fingerprint density at radius 2 is 1.97 bits per heavy atom. The van der Waals surface area contributed by atoms with Crippen molar-refractivity contribution in [2.24, 2.45) is 0 Å². The van der Waals surface area contributed by atoms with Crippen LogP contribution in [0.5, 0.6) is 0 Å². The second kappa shape index (κ2) is 6.19. The number of carbonyl (C=O) groups excluding carboxylic acids is 1. The third kappa shape index (κ3) is 2.51. The molecule has 1 aromatic carbocycles. The number of imidazole rings is 1. The number of hydrogen-bond donors (Lipinski definition) is 1. The summed E-state index contributed by atoms with van der Waals surface area (Å²) in [6, 6.07) is 8.60.